The number of hydrogen-bond donors (Lipinski definition) is 3. The average molecular weight is 355 g/mol. The van der Waals surface area contributed by atoms with Crippen molar-refractivity contribution in [3.05, 3.63) is 59.6 Å². The van der Waals surface area contributed by atoms with Gasteiger partial charge in [0.15, 0.2) is 0 Å². The minimum Gasteiger partial charge on any atom is -0.508 e. The molecule has 0 amide bonds. The van der Waals surface area contributed by atoms with E-state index in [-0.39, 0.29) is 11.8 Å². The van der Waals surface area contributed by atoms with Crippen molar-refractivity contribution < 1.29 is 5.11 Å². The molecule has 25 heavy (non-hydrogen) atoms. The van der Waals surface area contributed by atoms with Crippen molar-refractivity contribution in [1.82, 2.24) is 9.97 Å². The van der Waals surface area contributed by atoms with Gasteiger partial charge in [-0.3, -0.25) is 0 Å². The molecule has 0 atom stereocenters. The highest BCUT2D eigenvalue weighted by atomic mass is 35.5. The van der Waals surface area contributed by atoms with Gasteiger partial charge < -0.3 is 15.7 Å². The molecule has 0 aliphatic heterocycles. The zero-order chi connectivity index (χ0) is 17.8. The second kappa shape index (κ2) is 7.40. The van der Waals surface area contributed by atoms with E-state index >= 15 is 0 Å². The highest BCUT2D eigenvalue weighted by molar-refractivity contribution is 6.33. The lowest BCUT2D eigenvalue weighted by Gasteiger charge is -2.14. The summed E-state index contributed by atoms with van der Waals surface area (Å²) < 4.78 is 0. The SMILES string of the molecule is CC(C)Nc1nc(Nc2ccc(O)cc2Cl)cc(-c2ccccc2)n1. The Morgan fingerprint density at radius 1 is 1.00 bits per heavy atom. The molecule has 0 aliphatic carbocycles. The number of anilines is 3. The molecule has 128 valence electrons. The molecule has 0 saturated carbocycles. The van der Waals surface area contributed by atoms with Gasteiger partial charge in [0.1, 0.15) is 11.6 Å². The number of hydrogen-bond acceptors (Lipinski definition) is 5. The van der Waals surface area contributed by atoms with Gasteiger partial charge in [-0.05, 0) is 26.0 Å². The zero-order valence-corrected chi connectivity index (χ0v) is 14.7. The third-order valence-corrected chi connectivity index (χ3v) is 3.74. The van der Waals surface area contributed by atoms with Crippen molar-refractivity contribution in [2.75, 3.05) is 10.6 Å². The van der Waals surface area contributed by atoms with Crippen molar-refractivity contribution >= 4 is 29.1 Å². The summed E-state index contributed by atoms with van der Waals surface area (Å²) in [5.74, 6) is 1.27. The summed E-state index contributed by atoms with van der Waals surface area (Å²) in [4.78, 5) is 9.09. The third-order valence-electron chi connectivity index (χ3n) is 3.43. The molecule has 0 radical (unpaired) electrons. The molecule has 3 rings (SSSR count). The fourth-order valence-electron chi connectivity index (χ4n) is 2.33. The molecule has 0 spiro atoms. The van der Waals surface area contributed by atoms with E-state index in [4.69, 9.17) is 11.6 Å². The largest absolute Gasteiger partial charge is 0.508 e. The molecule has 0 bridgehead atoms. The Bertz CT molecular complexity index is 869. The molecule has 0 unspecified atom stereocenters. The summed E-state index contributed by atoms with van der Waals surface area (Å²) in [5.41, 5.74) is 2.46. The second-order valence-electron chi connectivity index (χ2n) is 5.92. The molecular weight excluding hydrogens is 336 g/mol. The summed E-state index contributed by atoms with van der Waals surface area (Å²) >= 11 is 6.18. The van der Waals surface area contributed by atoms with E-state index < -0.39 is 0 Å². The van der Waals surface area contributed by atoms with Crippen LogP contribution < -0.4 is 10.6 Å². The molecule has 2 aromatic carbocycles. The predicted octanol–water partition coefficient (Wildman–Crippen LogP) is 5.07. The number of rotatable bonds is 5. The second-order valence-corrected chi connectivity index (χ2v) is 6.32. The lowest BCUT2D eigenvalue weighted by atomic mass is 10.1. The van der Waals surface area contributed by atoms with Crippen LogP contribution in [0.1, 0.15) is 13.8 Å². The van der Waals surface area contributed by atoms with Crippen LogP contribution in [0.2, 0.25) is 5.02 Å². The Morgan fingerprint density at radius 3 is 2.44 bits per heavy atom. The summed E-state index contributed by atoms with van der Waals surface area (Å²) in [5, 5.41) is 16.3. The van der Waals surface area contributed by atoms with Crippen LogP contribution in [0.5, 0.6) is 5.75 Å². The van der Waals surface area contributed by atoms with E-state index in [0.29, 0.717) is 22.5 Å². The summed E-state index contributed by atoms with van der Waals surface area (Å²) in [6.45, 7) is 4.06. The van der Waals surface area contributed by atoms with Crippen LogP contribution in [0.4, 0.5) is 17.5 Å². The van der Waals surface area contributed by atoms with Crippen LogP contribution >= 0.6 is 11.6 Å². The Hall–Kier alpha value is -2.79. The molecule has 6 heteroatoms. The normalized spacial score (nSPS) is 10.7. The predicted molar refractivity (Wildman–Crippen MR) is 103 cm³/mol. The van der Waals surface area contributed by atoms with Crippen molar-refractivity contribution in [2.45, 2.75) is 19.9 Å². The van der Waals surface area contributed by atoms with Crippen LogP contribution in [-0.2, 0) is 0 Å². The van der Waals surface area contributed by atoms with E-state index in [1.165, 1.54) is 6.07 Å². The van der Waals surface area contributed by atoms with Crippen LogP contribution in [0, 0.1) is 0 Å². The maximum absolute atomic E-state index is 9.49. The number of benzene rings is 2. The van der Waals surface area contributed by atoms with Crippen LogP contribution in [0.25, 0.3) is 11.3 Å². The van der Waals surface area contributed by atoms with E-state index in [0.717, 1.165) is 11.3 Å². The van der Waals surface area contributed by atoms with Gasteiger partial charge in [-0.15, -0.1) is 0 Å². The van der Waals surface area contributed by atoms with Gasteiger partial charge in [-0.25, -0.2) is 4.98 Å². The smallest absolute Gasteiger partial charge is 0.225 e. The van der Waals surface area contributed by atoms with Crippen LogP contribution in [-0.4, -0.2) is 21.1 Å². The summed E-state index contributed by atoms with van der Waals surface area (Å²) in [7, 11) is 0. The first-order valence-corrected chi connectivity index (χ1v) is 8.35. The maximum Gasteiger partial charge on any atom is 0.225 e. The van der Waals surface area contributed by atoms with E-state index in [1.54, 1.807) is 12.1 Å². The number of aromatic hydroxyl groups is 1. The standard InChI is InChI=1S/C19H19ClN4O/c1-12(2)21-19-23-17(13-6-4-3-5-7-13)11-18(24-19)22-16-9-8-14(25)10-15(16)20/h3-12,25H,1-2H3,(H2,21,22,23,24). The van der Waals surface area contributed by atoms with Gasteiger partial charge in [0.25, 0.3) is 0 Å². The fourth-order valence-corrected chi connectivity index (χ4v) is 2.56. The van der Waals surface area contributed by atoms with Crippen LogP contribution in [0.3, 0.4) is 0 Å². The van der Waals surface area contributed by atoms with Gasteiger partial charge in [0.2, 0.25) is 5.95 Å². The first-order valence-electron chi connectivity index (χ1n) is 7.98. The molecule has 1 heterocycles. The summed E-state index contributed by atoms with van der Waals surface area (Å²) in [6, 6.07) is 16.7. The van der Waals surface area contributed by atoms with E-state index in [2.05, 4.69) is 20.6 Å². The monoisotopic (exact) mass is 354 g/mol. The lowest BCUT2D eigenvalue weighted by Crippen LogP contribution is -2.13. The minimum atomic E-state index is 0.116. The van der Waals surface area contributed by atoms with Crippen LogP contribution in [0.15, 0.2) is 54.6 Å². The third kappa shape index (κ3) is 4.39. The number of halogens is 1. The molecule has 3 aromatic rings. The van der Waals surface area contributed by atoms with E-state index in [9.17, 15) is 5.11 Å². The van der Waals surface area contributed by atoms with Gasteiger partial charge in [0, 0.05) is 23.7 Å². The number of nitrogens with one attached hydrogen (secondary N) is 2. The van der Waals surface area contributed by atoms with Crippen molar-refractivity contribution in [3.8, 4) is 17.0 Å². The fraction of sp³-hybridized carbons (Fsp3) is 0.158. The molecule has 0 aliphatic rings. The lowest BCUT2D eigenvalue weighted by molar-refractivity contribution is 0.475. The van der Waals surface area contributed by atoms with Gasteiger partial charge in [0.05, 0.1) is 16.4 Å². The van der Waals surface area contributed by atoms with Crippen molar-refractivity contribution in [1.29, 1.82) is 0 Å². The van der Waals surface area contributed by atoms with Gasteiger partial charge >= 0.3 is 0 Å². The summed E-state index contributed by atoms with van der Waals surface area (Å²) in [6.07, 6.45) is 0. The molecule has 0 fully saturated rings. The minimum absolute atomic E-state index is 0.116. The molecule has 3 N–H and O–H groups in total. The van der Waals surface area contributed by atoms with E-state index in [1.807, 2.05) is 50.2 Å². The number of nitrogens with zero attached hydrogens (tertiary/aromatic N) is 2. The topological polar surface area (TPSA) is 70.1 Å². The quantitative estimate of drug-likeness (QED) is 0.558. The Morgan fingerprint density at radius 2 is 1.76 bits per heavy atom. The number of phenols is 1. The number of phenolic OH excluding ortho intramolecular Hbond substituents is 1. The number of aromatic nitrogens is 2. The first-order chi connectivity index (χ1) is 12.0. The van der Waals surface area contributed by atoms with Gasteiger partial charge in [-0.2, -0.15) is 4.98 Å². The Kier molecular flexibility index (Phi) is 5.05. The van der Waals surface area contributed by atoms with Crippen molar-refractivity contribution in [3.63, 3.8) is 0 Å². The highest BCUT2D eigenvalue weighted by Crippen LogP contribution is 2.30. The molecule has 0 saturated heterocycles. The van der Waals surface area contributed by atoms with Gasteiger partial charge in [-0.1, -0.05) is 41.9 Å². The molecule has 5 nitrogen and oxygen atoms in total. The first kappa shape index (κ1) is 17.0. The molecule has 1 aromatic heterocycles. The Balaban J connectivity index is 2.00. The maximum atomic E-state index is 9.49. The average Bonchev–Trinajstić information content (AvgIpc) is 2.57. The highest BCUT2D eigenvalue weighted by Gasteiger charge is 2.09. The molecular formula is C19H19ClN4O. The zero-order valence-electron chi connectivity index (χ0n) is 14.0. The van der Waals surface area contributed by atoms with Crippen molar-refractivity contribution in [2.24, 2.45) is 0 Å². The Labute approximate surface area is 151 Å².